The quantitative estimate of drug-likeness (QED) is 0.0129. The van der Waals surface area contributed by atoms with Crippen LogP contribution in [0.2, 0.25) is 0 Å². The first kappa shape index (κ1) is 88.3. The molecule has 112 heavy (non-hydrogen) atoms. The molecule has 3 aliphatic heterocycles. The minimum atomic E-state index is -1.35. The van der Waals surface area contributed by atoms with Crippen LogP contribution < -0.4 is 88.0 Å². The second-order valence-corrected chi connectivity index (χ2v) is 29.9. The molecule has 14 atom stereocenters. The summed E-state index contributed by atoms with van der Waals surface area (Å²) in [5, 5.41) is 26.3. The lowest BCUT2D eigenvalue weighted by Crippen LogP contribution is -2.60. The number of hydrogen-bond acceptors (Lipinski definition) is 17. The predicted molar refractivity (Wildman–Crippen MR) is 421 cm³/mol. The molecule has 36 heteroatoms. The summed E-state index contributed by atoms with van der Waals surface area (Å²) in [6, 6.07) is -0.496. The molecule has 0 bridgehead atoms. The lowest BCUT2D eigenvalue weighted by Gasteiger charge is -2.32. The molecular weight excluding hydrogens is 1440 g/mol. The number of aromatic nitrogens is 2. The summed E-state index contributed by atoms with van der Waals surface area (Å²) in [5.74, 6) is -9.43. The van der Waals surface area contributed by atoms with Crippen LogP contribution in [0.25, 0.3) is 21.8 Å². The van der Waals surface area contributed by atoms with Gasteiger partial charge in [0.05, 0.1) is 6.04 Å². The SMILES string of the molecule is CC[C@H](C)[C@H](N)C(=O)N[C@@H](CC(C)C)C(=O)N1CCC[C@H]1C(=O)N[C@@H](Cc1c[nH]c2ccccc12)C(=O)N[C@@H](CCCCN)C(=O)N[C@@H](Cc1c[nH]c2ccccc12)C(=O)N1CCC[C@H]1C(=O)N[C@@H](C)C(=O)N[C@@H](C)C(=O)N1CCC[C@H]1C(=O)N[C@@H](C)C(=O)N[C@@H](CCCN=C(N)N)C(=O)N[C@@H](CCCN=C(N)N)C(N)=O. The van der Waals surface area contributed by atoms with Gasteiger partial charge in [-0.3, -0.25) is 72.3 Å². The van der Waals surface area contributed by atoms with Crippen LogP contribution in [0.5, 0.6) is 0 Å². The number of H-pyrrole nitrogens is 2. The van der Waals surface area contributed by atoms with Gasteiger partial charge in [0.2, 0.25) is 76.8 Å². The van der Waals surface area contributed by atoms with E-state index in [1.807, 2.05) is 76.2 Å². The van der Waals surface area contributed by atoms with E-state index >= 15 is 14.4 Å². The zero-order chi connectivity index (χ0) is 82.0. The van der Waals surface area contributed by atoms with Gasteiger partial charge in [-0.05, 0) is 152 Å². The summed E-state index contributed by atoms with van der Waals surface area (Å²) in [7, 11) is 0. The van der Waals surface area contributed by atoms with Gasteiger partial charge in [-0.15, -0.1) is 0 Å². The lowest BCUT2D eigenvalue weighted by atomic mass is 9.97. The lowest BCUT2D eigenvalue weighted by molar-refractivity contribution is -0.143. The molecule has 7 rings (SSSR count). The van der Waals surface area contributed by atoms with Crippen LogP contribution in [0.3, 0.4) is 0 Å². The number of carbonyl (C=O) groups is 13. The second-order valence-electron chi connectivity index (χ2n) is 29.9. The van der Waals surface area contributed by atoms with Crippen LogP contribution in [0.4, 0.5) is 0 Å². The van der Waals surface area contributed by atoms with Crippen molar-refractivity contribution in [2.45, 2.75) is 236 Å². The van der Waals surface area contributed by atoms with Crippen LogP contribution >= 0.6 is 0 Å². The Balaban J connectivity index is 1.03. The summed E-state index contributed by atoms with van der Waals surface area (Å²) in [4.78, 5) is 203. The van der Waals surface area contributed by atoms with E-state index in [1.165, 1.54) is 35.5 Å². The molecule has 0 saturated carbocycles. The van der Waals surface area contributed by atoms with Gasteiger partial charge in [-0.1, -0.05) is 70.5 Å². The number of fused-ring (bicyclic) bond motifs is 2. The maximum absolute atomic E-state index is 15.4. The molecule has 2 aromatic heterocycles. The summed E-state index contributed by atoms with van der Waals surface area (Å²) >= 11 is 0. The second kappa shape index (κ2) is 42.5. The molecule has 0 unspecified atom stereocenters. The number of nitrogens with two attached hydrogens (primary N) is 7. The monoisotopic (exact) mass is 1560 g/mol. The molecule has 36 nitrogen and oxygen atoms in total. The van der Waals surface area contributed by atoms with E-state index in [9.17, 15) is 47.9 Å². The molecule has 0 aliphatic carbocycles. The molecule has 4 aromatic rings. The largest absolute Gasteiger partial charge is 0.370 e. The third-order valence-corrected chi connectivity index (χ3v) is 20.8. The Bertz CT molecular complexity index is 4020. The van der Waals surface area contributed by atoms with Crippen molar-refractivity contribution in [3.05, 3.63) is 72.1 Å². The Morgan fingerprint density at radius 1 is 0.455 bits per heavy atom. The first-order valence-electron chi connectivity index (χ1n) is 38.9. The number of nitrogens with one attached hydrogen (secondary N) is 11. The fourth-order valence-electron chi connectivity index (χ4n) is 14.3. The van der Waals surface area contributed by atoms with E-state index in [-0.39, 0.29) is 134 Å². The number of aromatic amines is 2. The van der Waals surface area contributed by atoms with Crippen molar-refractivity contribution in [1.82, 2.24) is 72.5 Å². The summed E-state index contributed by atoms with van der Waals surface area (Å²) in [6.45, 7) is 12.7. The van der Waals surface area contributed by atoms with E-state index in [0.29, 0.717) is 49.7 Å². The third-order valence-electron chi connectivity index (χ3n) is 20.8. The highest BCUT2D eigenvalue weighted by Gasteiger charge is 2.44. The minimum Gasteiger partial charge on any atom is -0.370 e. The summed E-state index contributed by atoms with van der Waals surface area (Å²) in [5.41, 5.74) is 42.5. The average Bonchev–Trinajstić information content (AvgIpc) is 1.64. The number of rotatable bonds is 42. The molecule has 25 N–H and O–H groups in total. The number of para-hydroxylation sites is 2. The molecule has 2 aromatic carbocycles. The van der Waals surface area contributed by atoms with Crippen molar-refractivity contribution in [3.63, 3.8) is 0 Å². The number of likely N-dealkylation sites (tertiary alicyclic amines) is 3. The molecule has 13 amide bonds. The van der Waals surface area contributed by atoms with E-state index in [2.05, 4.69) is 67.8 Å². The molecule has 3 fully saturated rings. The molecule has 3 saturated heterocycles. The van der Waals surface area contributed by atoms with Crippen molar-refractivity contribution in [2.24, 2.45) is 62.0 Å². The minimum absolute atomic E-state index is 0.000491. The highest BCUT2D eigenvalue weighted by Crippen LogP contribution is 2.27. The normalized spacial score (nSPS) is 18.4. The van der Waals surface area contributed by atoms with Gasteiger partial charge >= 0.3 is 0 Å². The summed E-state index contributed by atoms with van der Waals surface area (Å²) in [6.07, 6.45) is 7.46. The highest BCUT2D eigenvalue weighted by atomic mass is 16.2. The van der Waals surface area contributed by atoms with Crippen LogP contribution in [-0.4, -0.2) is 231 Å². The van der Waals surface area contributed by atoms with Crippen LogP contribution in [0.15, 0.2) is 70.9 Å². The first-order chi connectivity index (χ1) is 53.3. The number of hydrogen-bond donors (Lipinski definition) is 18. The van der Waals surface area contributed by atoms with E-state index in [4.69, 9.17) is 40.1 Å². The van der Waals surface area contributed by atoms with Gasteiger partial charge in [0, 0.05) is 79.8 Å². The van der Waals surface area contributed by atoms with Gasteiger partial charge in [0.15, 0.2) is 11.9 Å². The van der Waals surface area contributed by atoms with E-state index < -0.39 is 155 Å². The zero-order valence-electron chi connectivity index (χ0n) is 65.3. The Morgan fingerprint density at radius 2 is 0.857 bits per heavy atom. The maximum atomic E-state index is 15.4. The zero-order valence-corrected chi connectivity index (χ0v) is 65.3. The molecule has 614 valence electrons. The van der Waals surface area contributed by atoms with Gasteiger partial charge in [-0.2, -0.15) is 0 Å². The van der Waals surface area contributed by atoms with E-state index in [0.717, 1.165) is 21.8 Å². The number of unbranched alkanes of at least 4 members (excludes halogenated alkanes) is 1. The number of amides is 13. The van der Waals surface area contributed by atoms with Crippen LogP contribution in [-0.2, 0) is 75.2 Å². The van der Waals surface area contributed by atoms with Gasteiger partial charge in [0.25, 0.3) is 0 Å². The van der Waals surface area contributed by atoms with Crippen molar-refractivity contribution in [1.29, 1.82) is 0 Å². The Morgan fingerprint density at radius 3 is 1.33 bits per heavy atom. The number of benzene rings is 2. The molecule has 0 spiro atoms. The van der Waals surface area contributed by atoms with Gasteiger partial charge < -0.3 is 113 Å². The number of nitrogens with zero attached hydrogens (tertiary/aromatic N) is 5. The van der Waals surface area contributed by atoms with E-state index in [1.54, 1.807) is 12.4 Å². The first-order valence-corrected chi connectivity index (χ1v) is 38.9. The molecule has 0 radical (unpaired) electrons. The third kappa shape index (κ3) is 24.8. The van der Waals surface area contributed by atoms with Crippen molar-refractivity contribution in [3.8, 4) is 0 Å². The predicted octanol–water partition coefficient (Wildman–Crippen LogP) is -2.03. The standard InChI is InChI=1S/C76H117N23O13/c1-8-42(4)61(78)71(109)96-56(36-41(2)3)73(111)99-35-19-29-60(99)70(108)94-55(37-46-39-86-50-22-11-9-20-48(46)50)67(105)93-53(24-13-14-30-77)66(104)95-57(38-47-40-87-51-23-12-10-21-49(47)51)74(112)98-34-18-28-59(98)69(107)88-43(5)63(101)90-45(7)72(110)97-33-17-27-58(97)68(106)89-44(6)64(102)92-54(26-16-32-85-76(82)83)65(103)91-52(62(79)100)25-15-31-84-75(80)81/h9-12,20-23,39-45,52-61,86-87H,8,13-19,24-38,77-78H2,1-7H3,(H2,79,100)(H,88,107)(H,89,106)(H,90,101)(H,91,103)(H,92,102)(H,93,105)(H,94,108)(H,95,104)(H,96,109)(H4,80,81,84)(H4,82,83,85)/t42-,43-,44-,45-,52-,53-,54-,55-,56-,57-,58-,59-,60-,61-/m0/s1. The molecular formula is C76H117N23O13. The van der Waals surface area contributed by atoms with Crippen molar-refractivity contribution < 1.29 is 62.3 Å². The topological polar surface area (TPSA) is 578 Å². The van der Waals surface area contributed by atoms with Gasteiger partial charge in [0.1, 0.15) is 72.5 Å². The fraction of sp³-hybridized carbons (Fsp3) is 0.592. The molecule has 5 heterocycles. The average molecular weight is 1560 g/mol. The van der Waals surface area contributed by atoms with Crippen LogP contribution in [0, 0.1) is 11.8 Å². The number of aliphatic imine (C=N–C) groups is 2. The summed E-state index contributed by atoms with van der Waals surface area (Å²) < 4.78 is 0. The number of carbonyl (C=O) groups excluding carboxylic acids is 13. The fourth-order valence-corrected chi connectivity index (χ4v) is 14.3. The maximum Gasteiger partial charge on any atom is 0.246 e. The highest BCUT2D eigenvalue weighted by molar-refractivity contribution is 6.01. The molecule has 3 aliphatic rings. The van der Waals surface area contributed by atoms with Gasteiger partial charge in [-0.25, -0.2) is 0 Å². The number of guanidine groups is 2. The van der Waals surface area contributed by atoms with Crippen molar-refractivity contribution >= 4 is 111 Å². The Labute approximate surface area is 652 Å². The number of primary amides is 1. The Kier molecular flexibility index (Phi) is 33.5. The van der Waals surface area contributed by atoms with Crippen LogP contribution in [0.1, 0.15) is 156 Å². The Hall–Kier alpha value is -10.9. The van der Waals surface area contributed by atoms with Crippen molar-refractivity contribution in [2.75, 3.05) is 39.3 Å². The smallest absolute Gasteiger partial charge is 0.246 e.